The van der Waals surface area contributed by atoms with E-state index >= 15 is 0 Å². The van der Waals surface area contributed by atoms with Gasteiger partial charge in [0.15, 0.2) is 23.0 Å². The van der Waals surface area contributed by atoms with E-state index in [9.17, 15) is 23.1 Å². The molecule has 212 valence electrons. The van der Waals surface area contributed by atoms with Crippen molar-refractivity contribution >= 4 is 27.5 Å². The highest BCUT2D eigenvalue weighted by atomic mass is 32.1. The van der Waals surface area contributed by atoms with E-state index in [0.29, 0.717) is 26.8 Å². The normalized spacial score (nSPS) is 22.8. The van der Waals surface area contributed by atoms with Crippen LogP contribution in [0.25, 0.3) is 10.2 Å². The Morgan fingerprint density at radius 2 is 1.61 bits per heavy atom. The second-order valence-corrected chi connectivity index (χ2v) is 11.2. The van der Waals surface area contributed by atoms with Crippen molar-refractivity contribution in [2.45, 2.75) is 18.0 Å². The number of ether oxygens (including phenoxy) is 5. The first kappa shape index (κ1) is 25.8. The summed E-state index contributed by atoms with van der Waals surface area (Å²) in [4.78, 5) is 18.0. The fourth-order valence-corrected chi connectivity index (χ4v) is 7.37. The van der Waals surface area contributed by atoms with Crippen LogP contribution in [0.1, 0.15) is 39.1 Å². The number of phenolic OH excluding ortho intramolecular Hbond substituents is 1. The molecule has 4 atom stereocenters. The minimum Gasteiger partial charge on any atom is -0.502 e. The van der Waals surface area contributed by atoms with Crippen LogP contribution in [0.4, 0.5) is 13.2 Å². The van der Waals surface area contributed by atoms with Crippen LogP contribution in [0.5, 0.6) is 28.7 Å². The number of benzene rings is 3. The standard InChI is InChI=1S/C29H22F3NO7S/c1-36-20-5-12(6-21(37-2)26(20)34)23-14-8-18-19(40-11-39-18)9-15(14)24(16-10-38-28(35)25(16)23)27-33-17-7-13(29(30,31)32)3-4-22(17)41-27/h3-9,16,23-25,34H,10-11H2,1-2H3/t16-,23-,24-,25+/m1/s1. The number of esters is 1. The molecule has 1 aromatic heterocycles. The number of halogens is 3. The zero-order valence-electron chi connectivity index (χ0n) is 21.7. The van der Waals surface area contributed by atoms with Crippen LogP contribution >= 0.6 is 11.3 Å². The first-order chi connectivity index (χ1) is 19.7. The highest BCUT2D eigenvalue weighted by molar-refractivity contribution is 7.18. The van der Waals surface area contributed by atoms with Gasteiger partial charge in [-0.2, -0.15) is 13.2 Å². The number of aromatic nitrogens is 1. The van der Waals surface area contributed by atoms with Crippen LogP contribution in [0.15, 0.2) is 42.5 Å². The van der Waals surface area contributed by atoms with Crippen molar-refractivity contribution in [1.82, 2.24) is 4.98 Å². The largest absolute Gasteiger partial charge is 0.502 e. The Labute approximate surface area is 235 Å². The van der Waals surface area contributed by atoms with E-state index in [1.54, 1.807) is 12.1 Å². The summed E-state index contributed by atoms with van der Waals surface area (Å²) >= 11 is 1.29. The van der Waals surface area contributed by atoms with Gasteiger partial charge in [0, 0.05) is 17.8 Å². The summed E-state index contributed by atoms with van der Waals surface area (Å²) in [6, 6.07) is 10.5. The van der Waals surface area contributed by atoms with Gasteiger partial charge in [0.05, 0.1) is 42.5 Å². The van der Waals surface area contributed by atoms with Crippen molar-refractivity contribution in [3.8, 4) is 28.7 Å². The average Bonchev–Trinajstić information content (AvgIpc) is 3.68. The Morgan fingerprint density at radius 1 is 0.951 bits per heavy atom. The molecular formula is C29H22F3NO7S. The smallest absolute Gasteiger partial charge is 0.416 e. The topological polar surface area (TPSA) is 96.3 Å². The predicted octanol–water partition coefficient (Wildman–Crippen LogP) is 5.83. The summed E-state index contributed by atoms with van der Waals surface area (Å²) in [5.74, 6) is -1.22. The molecule has 1 fully saturated rings. The van der Waals surface area contributed by atoms with E-state index in [4.69, 9.17) is 23.7 Å². The second kappa shape index (κ2) is 9.16. The number of hydrogen-bond donors (Lipinski definition) is 1. The maximum absolute atomic E-state index is 13.4. The lowest BCUT2D eigenvalue weighted by atomic mass is 9.63. The number of aromatic hydroxyl groups is 1. The Balaban J connectivity index is 1.45. The number of alkyl halides is 3. The number of methoxy groups -OCH3 is 2. The molecule has 0 radical (unpaired) electrons. The lowest BCUT2D eigenvalue weighted by molar-refractivity contribution is -0.141. The van der Waals surface area contributed by atoms with Gasteiger partial charge in [-0.05, 0) is 59.2 Å². The number of rotatable bonds is 4. The minimum absolute atomic E-state index is 0.0324. The Morgan fingerprint density at radius 3 is 2.24 bits per heavy atom. The van der Waals surface area contributed by atoms with Gasteiger partial charge in [0.2, 0.25) is 12.5 Å². The molecule has 41 heavy (non-hydrogen) atoms. The van der Waals surface area contributed by atoms with Gasteiger partial charge in [-0.1, -0.05) is 0 Å². The molecule has 0 saturated carbocycles. The van der Waals surface area contributed by atoms with E-state index in [2.05, 4.69) is 4.98 Å². The van der Waals surface area contributed by atoms with Crippen molar-refractivity contribution in [2.24, 2.45) is 11.8 Å². The number of fused-ring (bicyclic) bond motifs is 4. The highest BCUT2D eigenvalue weighted by Crippen LogP contribution is 2.58. The molecule has 0 amide bonds. The molecule has 0 bridgehead atoms. The number of carbonyl (C=O) groups excluding carboxylic acids is 1. The Hall–Kier alpha value is -4.19. The third-order valence-corrected chi connectivity index (χ3v) is 9.17. The SMILES string of the molecule is COc1cc([C@@H]2c3cc4c(cc3[C@@H](c3nc5cc(C(F)(F)F)ccc5s3)[C@H]3COC(=O)[C@H]23)OCO4)cc(OC)c1O. The molecule has 8 nitrogen and oxygen atoms in total. The third kappa shape index (κ3) is 3.95. The van der Waals surface area contributed by atoms with Crippen LogP contribution in [0, 0.1) is 11.8 Å². The van der Waals surface area contributed by atoms with Gasteiger partial charge in [-0.15, -0.1) is 11.3 Å². The number of phenols is 1. The zero-order chi connectivity index (χ0) is 28.6. The molecule has 0 unspecified atom stereocenters. The first-order valence-corrected chi connectivity index (χ1v) is 13.5. The van der Waals surface area contributed by atoms with Crippen molar-refractivity contribution in [1.29, 1.82) is 0 Å². The van der Waals surface area contributed by atoms with Gasteiger partial charge in [0.25, 0.3) is 0 Å². The van der Waals surface area contributed by atoms with Gasteiger partial charge in [-0.25, -0.2) is 4.98 Å². The van der Waals surface area contributed by atoms with Crippen LogP contribution in [0.2, 0.25) is 0 Å². The number of carbonyl (C=O) groups is 1. The highest BCUT2D eigenvalue weighted by Gasteiger charge is 2.53. The predicted molar refractivity (Wildman–Crippen MR) is 140 cm³/mol. The minimum atomic E-state index is -4.50. The maximum Gasteiger partial charge on any atom is 0.416 e. The fraction of sp³-hybridized carbons (Fsp3) is 0.310. The zero-order valence-corrected chi connectivity index (χ0v) is 22.5. The third-order valence-electron chi connectivity index (χ3n) is 8.05. The first-order valence-electron chi connectivity index (χ1n) is 12.7. The molecule has 0 spiro atoms. The lowest BCUT2D eigenvalue weighted by Crippen LogP contribution is -2.35. The van der Waals surface area contributed by atoms with Crippen molar-refractivity contribution in [3.05, 3.63) is 69.7 Å². The summed E-state index contributed by atoms with van der Waals surface area (Å²) in [5.41, 5.74) is 1.67. The van der Waals surface area contributed by atoms with Gasteiger partial charge >= 0.3 is 12.1 Å². The second-order valence-electron chi connectivity index (χ2n) is 10.1. The summed E-state index contributed by atoms with van der Waals surface area (Å²) < 4.78 is 68.7. The van der Waals surface area contributed by atoms with Crippen molar-refractivity contribution in [3.63, 3.8) is 0 Å². The van der Waals surface area contributed by atoms with E-state index in [1.807, 2.05) is 12.1 Å². The van der Waals surface area contributed by atoms with Crippen molar-refractivity contribution < 1.29 is 46.8 Å². The van der Waals surface area contributed by atoms with Crippen LogP contribution in [-0.2, 0) is 15.7 Å². The molecular weight excluding hydrogens is 563 g/mol. The molecule has 3 heterocycles. The van der Waals surface area contributed by atoms with Crippen LogP contribution in [0.3, 0.4) is 0 Å². The lowest BCUT2D eigenvalue weighted by Gasteiger charge is -2.38. The summed E-state index contributed by atoms with van der Waals surface area (Å²) in [7, 11) is 2.84. The molecule has 12 heteroatoms. The van der Waals surface area contributed by atoms with Crippen LogP contribution < -0.4 is 18.9 Å². The summed E-state index contributed by atoms with van der Waals surface area (Å²) in [5, 5.41) is 11.1. The van der Waals surface area contributed by atoms with E-state index < -0.39 is 35.5 Å². The molecule has 3 aromatic carbocycles. The van der Waals surface area contributed by atoms with E-state index in [1.165, 1.54) is 31.6 Å². The van der Waals surface area contributed by atoms with E-state index in [-0.39, 0.29) is 42.1 Å². The molecule has 1 N–H and O–H groups in total. The Bertz CT molecular complexity index is 1690. The number of nitrogens with zero attached hydrogens (tertiary/aromatic N) is 1. The molecule has 1 aliphatic carbocycles. The average molecular weight is 586 g/mol. The molecule has 1 saturated heterocycles. The Kier molecular flexibility index (Phi) is 5.76. The summed E-state index contributed by atoms with van der Waals surface area (Å²) in [6.07, 6.45) is -4.50. The molecule has 3 aliphatic rings. The molecule has 4 aromatic rings. The van der Waals surface area contributed by atoms with Crippen molar-refractivity contribution in [2.75, 3.05) is 27.6 Å². The van der Waals surface area contributed by atoms with Crippen LogP contribution in [-0.4, -0.2) is 43.7 Å². The summed E-state index contributed by atoms with van der Waals surface area (Å²) in [6.45, 7) is 0.138. The molecule has 7 rings (SSSR count). The monoisotopic (exact) mass is 585 g/mol. The quantitative estimate of drug-likeness (QED) is 0.299. The van der Waals surface area contributed by atoms with Gasteiger partial charge < -0.3 is 28.8 Å². The number of hydrogen-bond acceptors (Lipinski definition) is 9. The van der Waals surface area contributed by atoms with Gasteiger partial charge in [-0.3, -0.25) is 4.79 Å². The van der Waals surface area contributed by atoms with E-state index in [0.717, 1.165) is 23.3 Å². The molecule has 2 aliphatic heterocycles. The number of cyclic esters (lactones) is 1. The maximum atomic E-state index is 13.4. The van der Waals surface area contributed by atoms with Gasteiger partial charge in [0.1, 0.15) is 5.01 Å². The fourth-order valence-electron chi connectivity index (χ4n) is 6.23. The number of thiazole rings is 1.